The highest BCUT2D eigenvalue weighted by Gasteiger charge is 2.21. The molecule has 0 unspecified atom stereocenters. The number of hydrogen-bond acceptors (Lipinski definition) is 3. The SMILES string of the molecule is c1cc(CNC2CC2)c(COC2CCCCC2)o1. The molecule has 0 atom stereocenters. The Labute approximate surface area is 109 Å². The zero-order valence-electron chi connectivity index (χ0n) is 11.0. The third kappa shape index (κ3) is 3.36. The number of furan rings is 1. The van der Waals surface area contributed by atoms with Crippen LogP contribution in [0.5, 0.6) is 0 Å². The Hall–Kier alpha value is -0.800. The van der Waals surface area contributed by atoms with Crippen LogP contribution in [0.25, 0.3) is 0 Å². The summed E-state index contributed by atoms with van der Waals surface area (Å²) < 4.78 is 11.5. The summed E-state index contributed by atoms with van der Waals surface area (Å²) >= 11 is 0. The molecule has 0 radical (unpaired) electrons. The number of hydrogen-bond donors (Lipinski definition) is 1. The van der Waals surface area contributed by atoms with Crippen LogP contribution in [0, 0.1) is 0 Å². The smallest absolute Gasteiger partial charge is 0.133 e. The quantitative estimate of drug-likeness (QED) is 0.839. The van der Waals surface area contributed by atoms with Crippen molar-refractivity contribution in [2.45, 2.75) is 70.2 Å². The van der Waals surface area contributed by atoms with Gasteiger partial charge in [-0.25, -0.2) is 0 Å². The second-order valence-corrected chi connectivity index (χ2v) is 5.60. The molecule has 2 aliphatic carbocycles. The minimum Gasteiger partial charge on any atom is -0.467 e. The molecule has 1 aromatic heterocycles. The molecule has 2 saturated carbocycles. The highest BCUT2D eigenvalue weighted by molar-refractivity contribution is 5.16. The topological polar surface area (TPSA) is 34.4 Å². The summed E-state index contributed by atoms with van der Waals surface area (Å²) in [5.41, 5.74) is 1.26. The maximum absolute atomic E-state index is 5.97. The largest absolute Gasteiger partial charge is 0.467 e. The molecule has 3 rings (SSSR count). The van der Waals surface area contributed by atoms with Crippen molar-refractivity contribution in [3.63, 3.8) is 0 Å². The fraction of sp³-hybridized carbons (Fsp3) is 0.733. The lowest BCUT2D eigenvalue weighted by molar-refractivity contribution is 0.00831. The normalized spacial score (nSPS) is 21.3. The minimum atomic E-state index is 0.452. The predicted molar refractivity (Wildman–Crippen MR) is 70.2 cm³/mol. The molecule has 3 nitrogen and oxygen atoms in total. The van der Waals surface area contributed by atoms with E-state index in [1.807, 2.05) is 0 Å². The van der Waals surface area contributed by atoms with Gasteiger partial charge in [0.1, 0.15) is 12.4 Å². The van der Waals surface area contributed by atoms with E-state index in [0.717, 1.165) is 18.3 Å². The monoisotopic (exact) mass is 249 g/mol. The minimum absolute atomic E-state index is 0.452. The molecule has 0 spiro atoms. The Morgan fingerprint density at radius 2 is 2.00 bits per heavy atom. The first-order chi connectivity index (χ1) is 8.92. The molecule has 3 heteroatoms. The van der Waals surface area contributed by atoms with E-state index in [9.17, 15) is 0 Å². The van der Waals surface area contributed by atoms with Crippen LogP contribution in [0.3, 0.4) is 0 Å². The number of ether oxygens (including phenoxy) is 1. The highest BCUT2D eigenvalue weighted by atomic mass is 16.5. The molecule has 0 amide bonds. The average molecular weight is 249 g/mol. The van der Waals surface area contributed by atoms with Gasteiger partial charge in [0, 0.05) is 18.2 Å². The van der Waals surface area contributed by atoms with Gasteiger partial charge in [0.15, 0.2) is 0 Å². The fourth-order valence-corrected chi connectivity index (χ4v) is 2.62. The molecule has 0 aromatic carbocycles. The molecular formula is C15H23NO2. The second-order valence-electron chi connectivity index (χ2n) is 5.60. The van der Waals surface area contributed by atoms with Crippen LogP contribution >= 0.6 is 0 Å². The molecule has 18 heavy (non-hydrogen) atoms. The van der Waals surface area contributed by atoms with Crippen molar-refractivity contribution in [3.8, 4) is 0 Å². The van der Waals surface area contributed by atoms with Crippen LogP contribution in [-0.2, 0) is 17.9 Å². The van der Waals surface area contributed by atoms with E-state index in [1.54, 1.807) is 6.26 Å². The number of rotatable bonds is 6. The van der Waals surface area contributed by atoms with Gasteiger partial charge in [0.05, 0.1) is 12.4 Å². The summed E-state index contributed by atoms with van der Waals surface area (Å²) in [4.78, 5) is 0. The lowest BCUT2D eigenvalue weighted by Gasteiger charge is -2.21. The molecule has 1 heterocycles. The predicted octanol–water partition coefficient (Wildman–Crippen LogP) is 3.38. The summed E-state index contributed by atoms with van der Waals surface area (Å²) in [6.45, 7) is 1.56. The average Bonchev–Trinajstić information content (AvgIpc) is 3.14. The van der Waals surface area contributed by atoms with Crippen LogP contribution in [0.1, 0.15) is 56.3 Å². The Bertz CT molecular complexity index is 364. The van der Waals surface area contributed by atoms with E-state index < -0.39 is 0 Å². The van der Waals surface area contributed by atoms with Gasteiger partial charge in [0.25, 0.3) is 0 Å². The van der Waals surface area contributed by atoms with Crippen molar-refractivity contribution >= 4 is 0 Å². The molecular weight excluding hydrogens is 226 g/mol. The molecule has 100 valence electrons. The van der Waals surface area contributed by atoms with Crippen molar-refractivity contribution in [2.75, 3.05) is 0 Å². The molecule has 0 aliphatic heterocycles. The standard InChI is InChI=1S/C15H23NO2/c1-2-4-14(5-3-1)18-11-15-12(8-9-17-15)10-16-13-6-7-13/h8-9,13-14,16H,1-7,10-11H2. The van der Waals surface area contributed by atoms with E-state index in [1.165, 1.54) is 50.5 Å². The van der Waals surface area contributed by atoms with E-state index in [4.69, 9.17) is 9.15 Å². The van der Waals surface area contributed by atoms with Crippen LogP contribution in [0.4, 0.5) is 0 Å². The summed E-state index contributed by atoms with van der Waals surface area (Å²) in [5, 5.41) is 3.52. The van der Waals surface area contributed by atoms with E-state index >= 15 is 0 Å². The molecule has 0 saturated heterocycles. The molecule has 2 aliphatic rings. The van der Waals surface area contributed by atoms with Gasteiger partial charge in [-0.15, -0.1) is 0 Å². The van der Waals surface area contributed by atoms with Gasteiger partial charge in [0.2, 0.25) is 0 Å². The summed E-state index contributed by atoms with van der Waals surface area (Å²) in [6, 6.07) is 2.81. The fourth-order valence-electron chi connectivity index (χ4n) is 2.62. The van der Waals surface area contributed by atoms with Gasteiger partial charge < -0.3 is 14.5 Å². The molecule has 0 bridgehead atoms. The Morgan fingerprint density at radius 1 is 1.17 bits per heavy atom. The van der Waals surface area contributed by atoms with E-state index in [2.05, 4.69) is 11.4 Å². The molecule has 1 aromatic rings. The third-order valence-electron chi connectivity index (χ3n) is 4.00. The highest BCUT2D eigenvalue weighted by Crippen LogP contribution is 2.23. The lowest BCUT2D eigenvalue weighted by Crippen LogP contribution is -2.18. The van der Waals surface area contributed by atoms with Gasteiger partial charge in [-0.3, -0.25) is 0 Å². The van der Waals surface area contributed by atoms with Crippen LogP contribution in [0.15, 0.2) is 16.7 Å². The summed E-state index contributed by atoms with van der Waals surface area (Å²) in [6.07, 6.45) is 11.3. The van der Waals surface area contributed by atoms with Gasteiger partial charge >= 0.3 is 0 Å². The first kappa shape index (κ1) is 12.2. The maximum atomic E-state index is 5.97. The van der Waals surface area contributed by atoms with Crippen molar-refractivity contribution in [1.29, 1.82) is 0 Å². The van der Waals surface area contributed by atoms with Crippen molar-refractivity contribution < 1.29 is 9.15 Å². The van der Waals surface area contributed by atoms with E-state index in [0.29, 0.717) is 12.7 Å². The zero-order valence-corrected chi connectivity index (χ0v) is 11.0. The Balaban J connectivity index is 1.46. The Morgan fingerprint density at radius 3 is 2.78 bits per heavy atom. The molecule has 1 N–H and O–H groups in total. The van der Waals surface area contributed by atoms with Gasteiger partial charge in [-0.2, -0.15) is 0 Å². The first-order valence-corrected chi connectivity index (χ1v) is 7.32. The number of nitrogens with one attached hydrogen (secondary N) is 1. The third-order valence-corrected chi connectivity index (χ3v) is 4.00. The Kier molecular flexibility index (Phi) is 4.01. The van der Waals surface area contributed by atoms with Crippen molar-refractivity contribution in [1.82, 2.24) is 5.32 Å². The second kappa shape index (κ2) is 5.89. The zero-order chi connectivity index (χ0) is 12.2. The maximum Gasteiger partial charge on any atom is 0.133 e. The van der Waals surface area contributed by atoms with Gasteiger partial charge in [-0.05, 0) is 31.7 Å². The van der Waals surface area contributed by atoms with Crippen molar-refractivity contribution in [3.05, 3.63) is 23.7 Å². The first-order valence-electron chi connectivity index (χ1n) is 7.32. The van der Waals surface area contributed by atoms with E-state index in [-0.39, 0.29) is 0 Å². The van der Waals surface area contributed by atoms with Crippen LogP contribution < -0.4 is 5.32 Å². The van der Waals surface area contributed by atoms with Crippen LogP contribution in [0.2, 0.25) is 0 Å². The summed E-state index contributed by atoms with van der Waals surface area (Å²) in [7, 11) is 0. The van der Waals surface area contributed by atoms with Crippen molar-refractivity contribution in [2.24, 2.45) is 0 Å². The lowest BCUT2D eigenvalue weighted by atomic mass is 9.98. The van der Waals surface area contributed by atoms with Gasteiger partial charge in [-0.1, -0.05) is 19.3 Å². The van der Waals surface area contributed by atoms with Crippen LogP contribution in [-0.4, -0.2) is 12.1 Å². The molecule has 2 fully saturated rings. The summed E-state index contributed by atoms with van der Waals surface area (Å²) in [5.74, 6) is 1.01.